The van der Waals surface area contributed by atoms with Gasteiger partial charge in [0.2, 0.25) is 5.91 Å². The minimum Gasteiger partial charge on any atom is -0.394 e. The first-order valence-corrected chi connectivity index (χ1v) is 15.6. The lowest BCUT2D eigenvalue weighted by Gasteiger charge is -2.40. The summed E-state index contributed by atoms with van der Waals surface area (Å²) in [6.45, 7) is 3.56. The zero-order chi connectivity index (χ0) is 29.6. The Morgan fingerprint density at radius 1 is 0.825 bits per heavy atom. The molecule has 1 fully saturated rings. The fraction of sp³-hybridized carbons (Fsp3) is 0.839. The Labute approximate surface area is 241 Å². The number of nitrogens with one attached hydrogen (secondary N) is 1. The first-order valence-electron chi connectivity index (χ1n) is 15.6. The quantitative estimate of drug-likeness (QED) is 0.0804. The average Bonchev–Trinajstić information content (AvgIpc) is 2.95. The lowest BCUT2D eigenvalue weighted by Crippen LogP contribution is -2.60. The van der Waals surface area contributed by atoms with Gasteiger partial charge in [-0.1, -0.05) is 95.9 Å². The Kier molecular flexibility index (Phi) is 21.3. The van der Waals surface area contributed by atoms with Crippen molar-refractivity contribution in [3.05, 3.63) is 24.3 Å². The zero-order valence-electron chi connectivity index (χ0n) is 24.8. The molecule has 0 saturated carbocycles. The molecule has 0 bridgehead atoms. The van der Waals surface area contributed by atoms with E-state index in [0.29, 0.717) is 6.42 Å². The molecule has 0 radical (unpaired) electrons. The molecule has 1 heterocycles. The molecule has 9 nitrogen and oxygen atoms in total. The van der Waals surface area contributed by atoms with Crippen molar-refractivity contribution in [3.63, 3.8) is 0 Å². The summed E-state index contributed by atoms with van der Waals surface area (Å²) >= 11 is 0. The van der Waals surface area contributed by atoms with Gasteiger partial charge in [0.25, 0.3) is 0 Å². The van der Waals surface area contributed by atoms with Crippen LogP contribution in [-0.4, -0.2) is 87.5 Å². The molecule has 6 N–H and O–H groups in total. The minimum absolute atomic E-state index is 0.201. The van der Waals surface area contributed by atoms with Crippen molar-refractivity contribution >= 4 is 5.91 Å². The van der Waals surface area contributed by atoms with Gasteiger partial charge in [-0.3, -0.25) is 4.79 Å². The summed E-state index contributed by atoms with van der Waals surface area (Å²) < 4.78 is 11.0. The molecular weight excluding hydrogens is 514 g/mol. The van der Waals surface area contributed by atoms with Crippen LogP contribution < -0.4 is 5.32 Å². The first-order chi connectivity index (χ1) is 19.3. The summed E-state index contributed by atoms with van der Waals surface area (Å²) in [7, 11) is 0. The van der Waals surface area contributed by atoms with Crippen LogP contribution in [-0.2, 0) is 14.3 Å². The number of carbonyl (C=O) groups is 1. The van der Waals surface area contributed by atoms with Gasteiger partial charge in [0.1, 0.15) is 24.4 Å². The van der Waals surface area contributed by atoms with Crippen molar-refractivity contribution in [1.29, 1.82) is 0 Å². The number of amides is 1. The molecule has 1 aliphatic heterocycles. The molecule has 1 amide bonds. The van der Waals surface area contributed by atoms with Gasteiger partial charge in [0.15, 0.2) is 6.29 Å². The normalized spacial score (nSPS) is 25.0. The van der Waals surface area contributed by atoms with Crippen LogP contribution in [0.25, 0.3) is 0 Å². The predicted molar refractivity (Wildman–Crippen MR) is 157 cm³/mol. The lowest BCUT2D eigenvalue weighted by molar-refractivity contribution is -0.302. The Balaban J connectivity index is 2.54. The molecule has 0 aromatic rings. The highest BCUT2D eigenvalue weighted by atomic mass is 16.7. The molecule has 7 atom stereocenters. The monoisotopic (exact) mass is 571 g/mol. The van der Waals surface area contributed by atoms with Gasteiger partial charge in [-0.15, -0.1) is 0 Å². The van der Waals surface area contributed by atoms with Gasteiger partial charge in [0, 0.05) is 6.42 Å². The topological polar surface area (TPSA) is 149 Å². The molecular formula is C31H57NO8. The second-order valence-electron chi connectivity index (χ2n) is 10.9. The van der Waals surface area contributed by atoms with E-state index in [-0.39, 0.29) is 12.5 Å². The molecule has 0 aliphatic carbocycles. The van der Waals surface area contributed by atoms with Gasteiger partial charge in [-0.05, 0) is 32.1 Å². The second kappa shape index (κ2) is 23.3. The summed E-state index contributed by atoms with van der Waals surface area (Å²) in [5.74, 6) is -0.209. The Bertz CT molecular complexity index is 686. The maximum Gasteiger partial charge on any atom is 0.220 e. The maximum absolute atomic E-state index is 12.5. The van der Waals surface area contributed by atoms with Gasteiger partial charge >= 0.3 is 0 Å². The van der Waals surface area contributed by atoms with Crippen LogP contribution in [0.5, 0.6) is 0 Å². The largest absolute Gasteiger partial charge is 0.394 e. The smallest absolute Gasteiger partial charge is 0.220 e. The molecule has 1 rings (SSSR count). The molecule has 7 unspecified atom stereocenters. The fourth-order valence-corrected chi connectivity index (χ4v) is 4.64. The predicted octanol–water partition coefficient (Wildman–Crippen LogP) is 3.65. The highest BCUT2D eigenvalue weighted by Gasteiger charge is 2.44. The lowest BCUT2D eigenvalue weighted by atomic mass is 9.99. The number of rotatable bonds is 23. The average molecular weight is 572 g/mol. The number of aliphatic hydroxyl groups excluding tert-OH is 5. The van der Waals surface area contributed by atoms with Crippen molar-refractivity contribution in [2.24, 2.45) is 0 Å². The van der Waals surface area contributed by atoms with E-state index in [9.17, 15) is 30.3 Å². The number of hydrogen-bond acceptors (Lipinski definition) is 8. The zero-order valence-corrected chi connectivity index (χ0v) is 24.8. The van der Waals surface area contributed by atoms with Crippen molar-refractivity contribution in [3.8, 4) is 0 Å². The summed E-state index contributed by atoms with van der Waals surface area (Å²) in [6, 6.07) is -0.810. The van der Waals surface area contributed by atoms with E-state index < -0.39 is 49.5 Å². The van der Waals surface area contributed by atoms with Crippen LogP contribution in [0.3, 0.4) is 0 Å². The van der Waals surface area contributed by atoms with Crippen LogP contribution in [0.15, 0.2) is 24.3 Å². The third-order valence-corrected chi connectivity index (χ3v) is 7.28. The highest BCUT2D eigenvalue weighted by Crippen LogP contribution is 2.22. The van der Waals surface area contributed by atoms with Crippen molar-refractivity contribution in [2.75, 3.05) is 13.2 Å². The van der Waals surface area contributed by atoms with Gasteiger partial charge in [-0.25, -0.2) is 0 Å². The minimum atomic E-state index is -1.56. The summed E-state index contributed by atoms with van der Waals surface area (Å²) in [6.07, 6.45) is 15.7. The van der Waals surface area contributed by atoms with Crippen molar-refractivity contribution in [2.45, 2.75) is 153 Å². The van der Waals surface area contributed by atoms with E-state index in [2.05, 4.69) is 31.3 Å². The first kappa shape index (κ1) is 36.7. The molecule has 40 heavy (non-hydrogen) atoms. The molecule has 1 aliphatic rings. The van der Waals surface area contributed by atoms with Crippen LogP contribution >= 0.6 is 0 Å². The van der Waals surface area contributed by atoms with Crippen molar-refractivity contribution < 1.29 is 39.8 Å². The van der Waals surface area contributed by atoms with Gasteiger partial charge in [-0.2, -0.15) is 0 Å². The number of hydrogen-bond donors (Lipinski definition) is 6. The Morgan fingerprint density at radius 2 is 1.43 bits per heavy atom. The number of ether oxygens (including phenoxy) is 2. The number of aliphatic hydroxyl groups is 5. The summed E-state index contributed by atoms with van der Waals surface area (Å²) in [5.41, 5.74) is 0. The van der Waals surface area contributed by atoms with Gasteiger partial charge in [0.05, 0.1) is 25.4 Å². The molecule has 0 spiro atoms. The third-order valence-electron chi connectivity index (χ3n) is 7.28. The van der Waals surface area contributed by atoms with E-state index in [1.165, 1.54) is 44.9 Å². The van der Waals surface area contributed by atoms with E-state index in [0.717, 1.165) is 44.9 Å². The summed E-state index contributed by atoms with van der Waals surface area (Å²) in [5, 5.41) is 53.2. The Hall–Kier alpha value is -1.33. The van der Waals surface area contributed by atoms with Crippen LogP contribution in [0.2, 0.25) is 0 Å². The van der Waals surface area contributed by atoms with E-state index >= 15 is 0 Å². The van der Waals surface area contributed by atoms with E-state index in [1.807, 2.05) is 6.08 Å². The van der Waals surface area contributed by atoms with Crippen LogP contribution in [0, 0.1) is 0 Å². The van der Waals surface area contributed by atoms with Crippen molar-refractivity contribution in [1.82, 2.24) is 5.32 Å². The molecule has 9 heteroatoms. The number of allylic oxidation sites excluding steroid dienone is 3. The molecule has 0 aromatic carbocycles. The maximum atomic E-state index is 12.5. The second-order valence-corrected chi connectivity index (χ2v) is 10.9. The summed E-state index contributed by atoms with van der Waals surface area (Å²) in [4.78, 5) is 12.5. The van der Waals surface area contributed by atoms with Crippen LogP contribution in [0.1, 0.15) is 110 Å². The van der Waals surface area contributed by atoms with E-state index in [4.69, 9.17) is 9.47 Å². The molecule has 234 valence electrons. The van der Waals surface area contributed by atoms with Crippen LogP contribution in [0.4, 0.5) is 0 Å². The molecule has 1 saturated heterocycles. The highest BCUT2D eigenvalue weighted by molar-refractivity contribution is 5.76. The molecule has 0 aromatic heterocycles. The number of carbonyl (C=O) groups excluding carboxylic acids is 1. The Morgan fingerprint density at radius 3 is 2.10 bits per heavy atom. The number of unbranched alkanes of at least 4 members (excludes halogenated alkanes) is 11. The third kappa shape index (κ3) is 15.6. The SMILES string of the molecule is CCCCCCCCC/C=C/CC/C=C/C(O)C(COC1OC(CO)C(O)C(O)C1O)NC(=O)CCCCCC. The standard InChI is InChI=1S/C31H57NO8/c1-3-5-7-9-10-11-12-13-14-15-16-17-18-20-25(34)24(32-27(35)21-19-8-6-4-2)23-39-31-30(38)29(37)28(36)26(22-33)40-31/h14-15,18,20,24-26,28-31,33-34,36-38H,3-13,16-17,19,21-23H2,1-2H3,(H,32,35)/b15-14+,20-18+. The van der Waals surface area contributed by atoms with Gasteiger partial charge < -0.3 is 40.3 Å². The fourth-order valence-electron chi connectivity index (χ4n) is 4.64. The van der Waals surface area contributed by atoms with E-state index in [1.54, 1.807) is 6.08 Å².